The molecule has 78 valence electrons. The lowest BCUT2D eigenvalue weighted by Gasteiger charge is -2.14. The summed E-state index contributed by atoms with van der Waals surface area (Å²) in [6.45, 7) is 1.54. The van der Waals surface area contributed by atoms with E-state index in [0.717, 1.165) is 21.5 Å². The average Bonchev–Trinajstić information content (AvgIpc) is 2.72. The second-order valence-corrected chi connectivity index (χ2v) is 8.23. The molecule has 2 fully saturated rings. The number of rotatable bonds is 3. The molecule has 0 radical (unpaired) electrons. The number of hydrazine groups is 2. The van der Waals surface area contributed by atoms with E-state index in [9.17, 15) is 0 Å². The Balaban J connectivity index is 1.67. The average molecular weight is 303 g/mol. The first-order valence-electron chi connectivity index (χ1n) is 3.57. The first-order chi connectivity index (χ1) is 6.74. The van der Waals surface area contributed by atoms with Crippen LogP contribution >= 0.6 is 70.3 Å². The topological polar surface area (TPSA) is 30.5 Å². The first-order valence-corrected chi connectivity index (χ1v) is 8.00. The Kier molecular flexibility index (Phi) is 4.81. The van der Waals surface area contributed by atoms with Crippen LogP contribution in [0.1, 0.15) is 0 Å². The summed E-state index contributed by atoms with van der Waals surface area (Å²) in [5, 5.41) is 0. The van der Waals surface area contributed by atoms with Crippen LogP contribution in [0, 0.1) is 0 Å². The van der Waals surface area contributed by atoms with Gasteiger partial charge < -0.3 is 0 Å². The fourth-order valence-electron chi connectivity index (χ4n) is 0.716. The summed E-state index contributed by atoms with van der Waals surface area (Å²) in [5.41, 5.74) is 6.28. The summed E-state index contributed by atoms with van der Waals surface area (Å²) >= 11 is 13.2. The van der Waals surface area contributed by atoms with Gasteiger partial charge in [0.1, 0.15) is 0 Å². The lowest BCUT2D eigenvalue weighted by Crippen LogP contribution is -2.22. The Bertz CT molecular complexity index is 232. The molecule has 0 aliphatic carbocycles. The number of hydrogen-bond acceptors (Lipinski definition) is 10. The smallest absolute Gasteiger partial charge is 0.0809 e. The molecule has 4 nitrogen and oxygen atoms in total. The lowest BCUT2D eigenvalue weighted by molar-refractivity contribution is 0.603. The van der Waals surface area contributed by atoms with E-state index in [-0.39, 0.29) is 0 Å². The summed E-state index contributed by atoms with van der Waals surface area (Å²) in [7, 11) is 3.17. The predicted molar refractivity (Wildman–Crippen MR) is 75.2 cm³/mol. The zero-order valence-corrected chi connectivity index (χ0v) is 11.7. The summed E-state index contributed by atoms with van der Waals surface area (Å²) in [5.74, 6) is 0. The van der Waals surface area contributed by atoms with E-state index in [4.69, 9.17) is 24.4 Å². The van der Waals surface area contributed by atoms with Crippen LogP contribution in [0.4, 0.5) is 0 Å². The molecule has 0 spiro atoms. The van der Waals surface area contributed by atoms with Crippen LogP contribution in [-0.2, 0) is 0 Å². The van der Waals surface area contributed by atoms with Crippen molar-refractivity contribution in [2.45, 2.75) is 0 Å². The zero-order chi connectivity index (χ0) is 9.97. The highest BCUT2D eigenvalue weighted by Crippen LogP contribution is 2.39. The maximum absolute atomic E-state index is 5.04. The van der Waals surface area contributed by atoms with Gasteiger partial charge >= 0.3 is 0 Å². The van der Waals surface area contributed by atoms with Crippen LogP contribution in [0.25, 0.3) is 0 Å². The maximum Gasteiger partial charge on any atom is 0.0809 e. The molecule has 0 amide bonds. The molecular formula is C4H6N4S6. The Morgan fingerprint density at radius 3 is 1.71 bits per heavy atom. The molecular weight excluding hydrogens is 296 g/mol. The van der Waals surface area contributed by atoms with Crippen LogP contribution in [0.3, 0.4) is 0 Å². The van der Waals surface area contributed by atoms with E-state index >= 15 is 0 Å². The molecule has 0 saturated carbocycles. The molecule has 14 heavy (non-hydrogen) atoms. The van der Waals surface area contributed by atoms with Gasteiger partial charge in [0, 0.05) is 22.0 Å². The van der Waals surface area contributed by atoms with Crippen LogP contribution < -0.4 is 10.9 Å². The van der Waals surface area contributed by atoms with Gasteiger partial charge in [-0.2, -0.15) is 0 Å². The summed E-state index contributed by atoms with van der Waals surface area (Å²) < 4.78 is 5.82. The minimum absolute atomic E-state index is 0.770. The first kappa shape index (κ1) is 11.9. The molecule has 2 saturated heterocycles. The molecule has 0 aromatic carbocycles. The molecule has 2 aliphatic rings. The standard InChI is InChI=1S/C4H6N4S6/c9-3-1-5-7(11-3)13-14-8-6-2-4(10)12-8/h5-6H,1-2H2. The molecule has 0 atom stereocenters. The predicted octanol–water partition coefficient (Wildman–Crippen LogP) is 1.79. The van der Waals surface area contributed by atoms with Crippen molar-refractivity contribution < 1.29 is 0 Å². The lowest BCUT2D eigenvalue weighted by atomic mass is 10.8. The fourth-order valence-corrected chi connectivity index (χ4v) is 5.32. The number of nitrogens with one attached hydrogen (secondary N) is 2. The SMILES string of the molecule is S=C1CNN(SSN2NCC(=S)S2)S1. The van der Waals surface area contributed by atoms with Gasteiger partial charge in [-0.15, -0.1) is 7.64 Å². The molecule has 2 aliphatic heterocycles. The van der Waals surface area contributed by atoms with E-state index in [1.807, 2.05) is 7.64 Å². The second-order valence-electron chi connectivity index (χ2n) is 2.26. The van der Waals surface area contributed by atoms with Gasteiger partial charge in [0.25, 0.3) is 0 Å². The largest absolute Gasteiger partial charge is 0.228 e. The van der Waals surface area contributed by atoms with Gasteiger partial charge in [0.15, 0.2) is 0 Å². The van der Waals surface area contributed by atoms with Crippen molar-refractivity contribution in [3.63, 3.8) is 0 Å². The second kappa shape index (κ2) is 5.66. The van der Waals surface area contributed by atoms with Gasteiger partial charge in [-0.25, -0.2) is 10.9 Å². The van der Waals surface area contributed by atoms with Crippen molar-refractivity contribution in [1.29, 1.82) is 0 Å². The van der Waals surface area contributed by atoms with Gasteiger partial charge in [-0.3, -0.25) is 0 Å². The van der Waals surface area contributed by atoms with E-state index in [2.05, 4.69) is 10.9 Å². The maximum atomic E-state index is 5.04. The van der Waals surface area contributed by atoms with Crippen molar-refractivity contribution >= 4 is 78.7 Å². The summed E-state index contributed by atoms with van der Waals surface area (Å²) in [6.07, 6.45) is 0. The monoisotopic (exact) mass is 302 g/mol. The molecule has 2 N–H and O–H groups in total. The van der Waals surface area contributed by atoms with E-state index in [1.165, 1.54) is 0 Å². The minimum atomic E-state index is 0.770. The normalized spacial score (nSPS) is 25.1. The van der Waals surface area contributed by atoms with Crippen LogP contribution in [0.5, 0.6) is 0 Å². The third-order valence-electron chi connectivity index (χ3n) is 1.24. The highest BCUT2D eigenvalue weighted by Gasteiger charge is 2.22. The summed E-state index contributed by atoms with van der Waals surface area (Å²) in [4.78, 5) is 0. The molecule has 0 bridgehead atoms. The van der Waals surface area contributed by atoms with Gasteiger partial charge in [-0.05, 0) is 23.9 Å². The summed E-state index contributed by atoms with van der Waals surface area (Å²) in [6, 6.07) is 0. The fraction of sp³-hybridized carbons (Fsp3) is 0.500. The third-order valence-corrected chi connectivity index (χ3v) is 6.42. The Morgan fingerprint density at radius 1 is 1.00 bits per heavy atom. The van der Waals surface area contributed by atoms with E-state index < -0.39 is 0 Å². The molecule has 2 rings (SSSR count). The molecule has 0 unspecified atom stereocenters. The Hall–Kier alpha value is 1.42. The molecule has 10 heteroatoms. The quantitative estimate of drug-likeness (QED) is 0.457. The van der Waals surface area contributed by atoms with Crippen molar-refractivity contribution in [2.24, 2.45) is 0 Å². The number of hydrogen-bond donors (Lipinski definition) is 2. The minimum Gasteiger partial charge on any atom is -0.228 e. The van der Waals surface area contributed by atoms with Crippen molar-refractivity contribution in [1.82, 2.24) is 18.5 Å². The van der Waals surface area contributed by atoms with Crippen LogP contribution in [-0.4, -0.2) is 29.1 Å². The highest BCUT2D eigenvalue weighted by molar-refractivity contribution is 8.77. The van der Waals surface area contributed by atoms with Crippen molar-refractivity contribution in [2.75, 3.05) is 13.1 Å². The third kappa shape index (κ3) is 3.47. The molecule has 2 heterocycles. The molecule has 0 aromatic heterocycles. The Morgan fingerprint density at radius 2 is 1.43 bits per heavy atom. The zero-order valence-electron chi connectivity index (χ0n) is 6.76. The highest BCUT2D eigenvalue weighted by atomic mass is 33.1. The van der Waals surface area contributed by atoms with Crippen LogP contribution in [0.2, 0.25) is 0 Å². The number of thiocarbonyl (C=S) groups is 2. The van der Waals surface area contributed by atoms with E-state index in [0.29, 0.717) is 0 Å². The van der Waals surface area contributed by atoms with Crippen molar-refractivity contribution in [3.8, 4) is 0 Å². The van der Waals surface area contributed by atoms with Crippen LogP contribution in [0.15, 0.2) is 0 Å². The van der Waals surface area contributed by atoms with Gasteiger partial charge in [0.2, 0.25) is 0 Å². The van der Waals surface area contributed by atoms with Gasteiger partial charge in [0.05, 0.1) is 21.5 Å². The molecule has 0 aromatic rings. The number of nitrogens with zero attached hydrogens (tertiary/aromatic N) is 2. The Labute approximate surface area is 110 Å². The van der Waals surface area contributed by atoms with E-state index in [1.54, 1.807) is 45.9 Å². The van der Waals surface area contributed by atoms with Crippen molar-refractivity contribution in [3.05, 3.63) is 0 Å². The van der Waals surface area contributed by atoms with Gasteiger partial charge in [-0.1, -0.05) is 24.4 Å².